The van der Waals surface area contributed by atoms with Crippen LogP contribution in [0, 0.1) is 0 Å². The Balaban J connectivity index is 2.27. The smallest absolute Gasteiger partial charge is 0.153 e. The summed E-state index contributed by atoms with van der Waals surface area (Å²) < 4.78 is 24.2. The van der Waals surface area contributed by atoms with Gasteiger partial charge in [-0.2, -0.15) is 0 Å². The second-order valence-electron chi connectivity index (χ2n) is 5.54. The first kappa shape index (κ1) is 13.6. The highest BCUT2D eigenvalue weighted by atomic mass is 32.2. The molecule has 2 rings (SSSR count). The van der Waals surface area contributed by atoms with Gasteiger partial charge >= 0.3 is 0 Å². The van der Waals surface area contributed by atoms with Crippen LogP contribution in [0.5, 0.6) is 0 Å². The lowest BCUT2D eigenvalue weighted by Crippen LogP contribution is -2.27. The van der Waals surface area contributed by atoms with Gasteiger partial charge < -0.3 is 5.73 Å². The quantitative estimate of drug-likeness (QED) is 0.887. The molecule has 4 heteroatoms. The topological polar surface area (TPSA) is 60.2 Å². The van der Waals surface area contributed by atoms with Gasteiger partial charge in [0.15, 0.2) is 9.84 Å². The minimum absolute atomic E-state index is 0.145. The summed E-state index contributed by atoms with van der Waals surface area (Å²) in [5, 5.41) is -0.298. The van der Waals surface area contributed by atoms with Gasteiger partial charge in [-0.05, 0) is 37.8 Å². The molecule has 0 aliphatic heterocycles. The van der Waals surface area contributed by atoms with E-state index < -0.39 is 9.84 Å². The number of hydrogen-bond acceptors (Lipinski definition) is 3. The number of sulfone groups is 1. The third kappa shape index (κ3) is 2.59. The molecule has 3 nitrogen and oxygen atoms in total. The third-order valence-corrected chi connectivity index (χ3v) is 6.22. The molecule has 0 heterocycles. The first-order valence-electron chi connectivity index (χ1n) is 6.41. The zero-order valence-corrected chi connectivity index (χ0v) is 11.8. The molecule has 100 valence electrons. The SMILES string of the molecule is CC(C)S(=O)(=O)CC1(c2cccc(CN)c2)CC1. The largest absolute Gasteiger partial charge is 0.326 e. The maximum Gasteiger partial charge on any atom is 0.153 e. The van der Waals surface area contributed by atoms with Crippen LogP contribution in [0.25, 0.3) is 0 Å². The van der Waals surface area contributed by atoms with Crippen molar-refractivity contribution in [2.24, 2.45) is 5.73 Å². The summed E-state index contributed by atoms with van der Waals surface area (Å²) in [6.45, 7) is 4.00. The van der Waals surface area contributed by atoms with E-state index in [1.165, 1.54) is 0 Å². The van der Waals surface area contributed by atoms with Crippen molar-refractivity contribution >= 4 is 9.84 Å². The summed E-state index contributed by atoms with van der Waals surface area (Å²) in [6, 6.07) is 8.04. The van der Waals surface area contributed by atoms with Crippen molar-refractivity contribution in [2.45, 2.75) is 43.9 Å². The Morgan fingerprint density at radius 1 is 1.33 bits per heavy atom. The average Bonchev–Trinajstić information content (AvgIpc) is 3.09. The minimum atomic E-state index is -2.99. The zero-order valence-electron chi connectivity index (χ0n) is 11.0. The molecule has 0 radical (unpaired) electrons. The van der Waals surface area contributed by atoms with Gasteiger partial charge in [0.25, 0.3) is 0 Å². The van der Waals surface area contributed by atoms with Crippen molar-refractivity contribution in [3.63, 3.8) is 0 Å². The fourth-order valence-corrected chi connectivity index (χ4v) is 3.81. The molecule has 0 amide bonds. The van der Waals surface area contributed by atoms with E-state index in [0.717, 1.165) is 24.0 Å². The number of hydrogen-bond donors (Lipinski definition) is 1. The van der Waals surface area contributed by atoms with E-state index >= 15 is 0 Å². The molecule has 0 aromatic heterocycles. The maximum absolute atomic E-state index is 12.1. The highest BCUT2D eigenvalue weighted by molar-refractivity contribution is 7.92. The summed E-state index contributed by atoms with van der Waals surface area (Å²) in [4.78, 5) is 0. The van der Waals surface area contributed by atoms with Crippen molar-refractivity contribution in [3.8, 4) is 0 Å². The van der Waals surface area contributed by atoms with Gasteiger partial charge in [0, 0.05) is 12.0 Å². The van der Waals surface area contributed by atoms with Crippen LogP contribution in [0.1, 0.15) is 37.8 Å². The molecule has 1 saturated carbocycles. The first-order chi connectivity index (χ1) is 8.39. The van der Waals surface area contributed by atoms with Gasteiger partial charge in [-0.1, -0.05) is 24.3 Å². The van der Waals surface area contributed by atoms with Crippen molar-refractivity contribution in [2.75, 3.05) is 5.75 Å². The molecular formula is C14H21NO2S. The van der Waals surface area contributed by atoms with Gasteiger partial charge in [0.05, 0.1) is 11.0 Å². The number of nitrogens with two attached hydrogens (primary N) is 1. The summed E-state index contributed by atoms with van der Waals surface area (Å²) in [6.07, 6.45) is 1.93. The fraction of sp³-hybridized carbons (Fsp3) is 0.571. The first-order valence-corrected chi connectivity index (χ1v) is 8.12. The predicted octanol–water partition coefficient (Wildman–Crippen LogP) is 2.00. The zero-order chi connectivity index (χ0) is 13.4. The molecule has 0 spiro atoms. The molecule has 18 heavy (non-hydrogen) atoms. The molecule has 0 unspecified atom stereocenters. The van der Waals surface area contributed by atoms with E-state index in [-0.39, 0.29) is 16.4 Å². The van der Waals surface area contributed by atoms with Gasteiger partial charge in [-0.3, -0.25) is 0 Å². The van der Waals surface area contributed by atoms with Crippen LogP contribution >= 0.6 is 0 Å². The van der Waals surface area contributed by atoms with E-state index in [1.807, 2.05) is 18.2 Å². The lowest BCUT2D eigenvalue weighted by atomic mass is 9.96. The number of benzene rings is 1. The Kier molecular flexibility index (Phi) is 3.52. The third-order valence-electron chi connectivity index (χ3n) is 3.82. The predicted molar refractivity (Wildman–Crippen MR) is 74.2 cm³/mol. The van der Waals surface area contributed by atoms with Crippen LogP contribution in [0.2, 0.25) is 0 Å². The van der Waals surface area contributed by atoms with Crippen molar-refractivity contribution in [1.82, 2.24) is 0 Å². The standard InChI is InChI=1S/C14H21NO2S/c1-11(2)18(16,17)10-14(6-7-14)13-5-3-4-12(8-13)9-15/h3-5,8,11H,6-7,9-10,15H2,1-2H3. The van der Waals surface area contributed by atoms with Crippen LogP contribution in [-0.4, -0.2) is 19.4 Å². The number of rotatable bonds is 5. The second kappa shape index (κ2) is 4.67. The van der Waals surface area contributed by atoms with Crippen molar-refractivity contribution in [1.29, 1.82) is 0 Å². The van der Waals surface area contributed by atoms with E-state index in [2.05, 4.69) is 6.07 Å². The average molecular weight is 267 g/mol. The minimum Gasteiger partial charge on any atom is -0.326 e. The Hall–Kier alpha value is -0.870. The van der Waals surface area contributed by atoms with Gasteiger partial charge in [0.1, 0.15) is 0 Å². The van der Waals surface area contributed by atoms with E-state index in [9.17, 15) is 8.42 Å². The van der Waals surface area contributed by atoms with Crippen LogP contribution in [0.4, 0.5) is 0 Å². The second-order valence-corrected chi connectivity index (χ2v) is 8.10. The maximum atomic E-state index is 12.1. The highest BCUT2D eigenvalue weighted by Crippen LogP contribution is 2.49. The summed E-state index contributed by atoms with van der Waals surface area (Å²) in [5.74, 6) is 0.270. The van der Waals surface area contributed by atoms with E-state index in [1.54, 1.807) is 13.8 Å². The fourth-order valence-electron chi connectivity index (χ4n) is 2.25. The lowest BCUT2D eigenvalue weighted by Gasteiger charge is -2.18. The molecule has 2 N–H and O–H groups in total. The molecule has 1 aromatic carbocycles. The molecule has 1 aromatic rings. The summed E-state index contributed by atoms with van der Waals surface area (Å²) >= 11 is 0. The monoisotopic (exact) mass is 267 g/mol. The van der Waals surface area contributed by atoms with Gasteiger partial charge in [-0.25, -0.2) is 8.42 Å². The highest BCUT2D eigenvalue weighted by Gasteiger charge is 2.47. The Morgan fingerprint density at radius 2 is 2.00 bits per heavy atom. The van der Waals surface area contributed by atoms with Crippen LogP contribution in [-0.2, 0) is 21.8 Å². The summed E-state index contributed by atoms with van der Waals surface area (Å²) in [7, 11) is -2.99. The van der Waals surface area contributed by atoms with Crippen LogP contribution in [0.3, 0.4) is 0 Å². The summed E-state index contributed by atoms with van der Waals surface area (Å²) in [5.41, 5.74) is 7.70. The molecule has 0 saturated heterocycles. The molecule has 1 fully saturated rings. The molecule has 0 atom stereocenters. The Morgan fingerprint density at radius 3 is 2.50 bits per heavy atom. The molecular weight excluding hydrogens is 246 g/mol. The normalized spacial score (nSPS) is 18.0. The molecule has 1 aliphatic carbocycles. The van der Waals surface area contributed by atoms with E-state index in [0.29, 0.717) is 6.54 Å². The van der Waals surface area contributed by atoms with Crippen molar-refractivity contribution in [3.05, 3.63) is 35.4 Å². The van der Waals surface area contributed by atoms with Gasteiger partial charge in [-0.15, -0.1) is 0 Å². The lowest BCUT2D eigenvalue weighted by molar-refractivity contribution is 0.577. The van der Waals surface area contributed by atoms with Crippen LogP contribution < -0.4 is 5.73 Å². The molecule has 1 aliphatic rings. The van der Waals surface area contributed by atoms with Crippen LogP contribution in [0.15, 0.2) is 24.3 Å². The Bertz CT molecular complexity index is 530. The van der Waals surface area contributed by atoms with Gasteiger partial charge in [0.2, 0.25) is 0 Å². The van der Waals surface area contributed by atoms with E-state index in [4.69, 9.17) is 5.73 Å². The Labute approximate surface area is 109 Å². The van der Waals surface area contributed by atoms with Crippen molar-refractivity contribution < 1.29 is 8.42 Å². The molecule has 0 bridgehead atoms.